The number of nitrogens with zero attached hydrogens (tertiary/aromatic N) is 4. The van der Waals surface area contributed by atoms with Crippen molar-refractivity contribution >= 4 is 30.1 Å². The highest BCUT2D eigenvalue weighted by Gasteiger charge is 2.33. The van der Waals surface area contributed by atoms with Crippen LogP contribution in [0.1, 0.15) is 38.4 Å². The van der Waals surface area contributed by atoms with Gasteiger partial charge in [0.15, 0.2) is 0 Å². The third-order valence-electron chi connectivity index (χ3n) is 5.31. The van der Waals surface area contributed by atoms with Crippen LogP contribution in [-0.2, 0) is 16.1 Å². The maximum absolute atomic E-state index is 12.4. The van der Waals surface area contributed by atoms with Crippen molar-refractivity contribution in [2.45, 2.75) is 45.4 Å². The molecule has 4 amide bonds. The zero-order valence-corrected chi connectivity index (χ0v) is 19.4. The minimum atomic E-state index is -0.560. The van der Waals surface area contributed by atoms with Crippen LogP contribution in [0.3, 0.4) is 0 Å². The van der Waals surface area contributed by atoms with Crippen LogP contribution in [0, 0.1) is 0 Å². The SMILES string of the molecule is CC(C)(C)OC(=O)NC1CCN(c2nccc(C=C3C(=O)NC(=O)N3Cc3ccccc3)n2)C1. The Morgan fingerprint density at radius 1 is 1.24 bits per heavy atom. The maximum Gasteiger partial charge on any atom is 0.407 e. The van der Waals surface area contributed by atoms with Crippen molar-refractivity contribution < 1.29 is 19.1 Å². The first-order valence-electron chi connectivity index (χ1n) is 11.1. The second kappa shape index (κ2) is 9.50. The largest absolute Gasteiger partial charge is 0.444 e. The molecule has 10 heteroatoms. The van der Waals surface area contributed by atoms with Crippen LogP contribution in [0.4, 0.5) is 15.5 Å². The van der Waals surface area contributed by atoms with Gasteiger partial charge in [-0.3, -0.25) is 15.0 Å². The summed E-state index contributed by atoms with van der Waals surface area (Å²) < 4.78 is 5.33. The topological polar surface area (TPSA) is 117 Å². The number of carbonyl (C=O) groups excluding carboxylic acids is 3. The Morgan fingerprint density at radius 3 is 2.74 bits per heavy atom. The van der Waals surface area contributed by atoms with E-state index in [0.717, 1.165) is 12.0 Å². The molecule has 34 heavy (non-hydrogen) atoms. The fourth-order valence-corrected chi connectivity index (χ4v) is 3.80. The van der Waals surface area contributed by atoms with Gasteiger partial charge in [-0.15, -0.1) is 0 Å². The van der Waals surface area contributed by atoms with E-state index in [0.29, 0.717) is 24.7 Å². The summed E-state index contributed by atoms with van der Waals surface area (Å²) in [4.78, 5) is 49.1. The van der Waals surface area contributed by atoms with Gasteiger partial charge in [-0.1, -0.05) is 30.3 Å². The van der Waals surface area contributed by atoms with E-state index in [2.05, 4.69) is 20.6 Å². The lowest BCUT2D eigenvalue weighted by Crippen LogP contribution is -2.40. The van der Waals surface area contributed by atoms with E-state index in [1.807, 2.05) is 56.0 Å². The van der Waals surface area contributed by atoms with Gasteiger partial charge in [0.25, 0.3) is 5.91 Å². The standard InChI is InChI=1S/C24H28N6O4/c1-24(2,3)34-23(33)27-18-10-12-29(15-18)21-25-11-9-17(26-21)13-19-20(31)28-22(32)30(19)14-16-7-5-4-6-8-16/h4-9,11,13,18H,10,12,14-15H2,1-3H3,(H,27,33)(H,28,31,32). The number of ether oxygens (including phenoxy) is 1. The van der Waals surface area contributed by atoms with Crippen molar-refractivity contribution in [1.29, 1.82) is 0 Å². The van der Waals surface area contributed by atoms with Crippen molar-refractivity contribution in [3.8, 4) is 0 Å². The molecule has 2 aliphatic heterocycles. The number of hydrogen-bond donors (Lipinski definition) is 2. The zero-order chi connectivity index (χ0) is 24.3. The van der Waals surface area contributed by atoms with E-state index in [9.17, 15) is 14.4 Å². The average Bonchev–Trinajstić information content (AvgIpc) is 3.33. The Bertz CT molecular complexity index is 1110. The Morgan fingerprint density at radius 2 is 2.00 bits per heavy atom. The maximum atomic E-state index is 12.4. The van der Waals surface area contributed by atoms with Crippen molar-refractivity contribution in [2.24, 2.45) is 0 Å². The molecule has 1 unspecified atom stereocenters. The Hall–Kier alpha value is -3.95. The number of nitrogens with one attached hydrogen (secondary N) is 2. The molecule has 0 bridgehead atoms. The van der Waals surface area contributed by atoms with E-state index in [-0.39, 0.29) is 18.3 Å². The molecular weight excluding hydrogens is 436 g/mol. The van der Waals surface area contributed by atoms with Crippen LogP contribution >= 0.6 is 0 Å². The van der Waals surface area contributed by atoms with Gasteiger partial charge in [0, 0.05) is 19.3 Å². The van der Waals surface area contributed by atoms with Gasteiger partial charge in [0.2, 0.25) is 5.95 Å². The number of amides is 4. The molecule has 2 aromatic rings. The number of aromatic nitrogens is 2. The second-order valence-electron chi connectivity index (χ2n) is 9.22. The summed E-state index contributed by atoms with van der Waals surface area (Å²) >= 11 is 0. The molecule has 1 aromatic carbocycles. The normalized spacial score (nSPS) is 19.5. The lowest BCUT2D eigenvalue weighted by molar-refractivity contribution is -0.116. The Kier molecular flexibility index (Phi) is 6.49. The molecule has 0 radical (unpaired) electrons. The monoisotopic (exact) mass is 464 g/mol. The molecule has 4 rings (SSSR count). The quantitative estimate of drug-likeness (QED) is 0.516. The third-order valence-corrected chi connectivity index (χ3v) is 5.31. The van der Waals surface area contributed by atoms with E-state index in [4.69, 9.17) is 4.74 Å². The molecule has 1 aromatic heterocycles. The van der Waals surface area contributed by atoms with E-state index in [1.54, 1.807) is 18.3 Å². The summed E-state index contributed by atoms with van der Waals surface area (Å²) in [5.74, 6) is 0.0195. The molecule has 2 fully saturated rings. The lowest BCUT2D eigenvalue weighted by Gasteiger charge is -2.22. The number of urea groups is 1. The first-order valence-corrected chi connectivity index (χ1v) is 11.1. The molecule has 2 saturated heterocycles. The minimum Gasteiger partial charge on any atom is -0.444 e. The zero-order valence-electron chi connectivity index (χ0n) is 19.4. The molecule has 0 saturated carbocycles. The van der Waals surface area contributed by atoms with Gasteiger partial charge in [0.1, 0.15) is 11.3 Å². The smallest absolute Gasteiger partial charge is 0.407 e. The van der Waals surface area contributed by atoms with Crippen LogP contribution in [0.25, 0.3) is 6.08 Å². The van der Waals surface area contributed by atoms with Crippen molar-refractivity contribution in [3.63, 3.8) is 0 Å². The molecule has 0 spiro atoms. The lowest BCUT2D eigenvalue weighted by atomic mass is 10.2. The highest BCUT2D eigenvalue weighted by atomic mass is 16.6. The molecule has 2 aliphatic rings. The van der Waals surface area contributed by atoms with Crippen LogP contribution in [0.15, 0.2) is 48.3 Å². The highest BCUT2D eigenvalue weighted by molar-refractivity contribution is 6.13. The molecule has 10 nitrogen and oxygen atoms in total. The van der Waals surface area contributed by atoms with Crippen LogP contribution in [0.2, 0.25) is 0 Å². The number of hydrogen-bond acceptors (Lipinski definition) is 7. The number of anilines is 1. The molecule has 2 N–H and O–H groups in total. The Balaban J connectivity index is 1.46. The van der Waals surface area contributed by atoms with Gasteiger partial charge in [-0.25, -0.2) is 19.6 Å². The summed E-state index contributed by atoms with van der Waals surface area (Å²) in [7, 11) is 0. The summed E-state index contributed by atoms with van der Waals surface area (Å²) in [5.41, 5.74) is 1.08. The Labute approximate surface area is 198 Å². The summed E-state index contributed by atoms with van der Waals surface area (Å²) in [6.45, 7) is 6.94. The fraction of sp³-hybridized carbons (Fsp3) is 0.375. The molecule has 1 atom stereocenters. The average molecular weight is 465 g/mol. The predicted molar refractivity (Wildman–Crippen MR) is 126 cm³/mol. The van der Waals surface area contributed by atoms with Gasteiger partial charge >= 0.3 is 12.1 Å². The van der Waals surface area contributed by atoms with E-state index >= 15 is 0 Å². The first kappa shape index (κ1) is 23.2. The molecule has 3 heterocycles. The second-order valence-corrected chi connectivity index (χ2v) is 9.22. The van der Waals surface area contributed by atoms with Crippen LogP contribution < -0.4 is 15.5 Å². The number of imide groups is 1. The molecule has 0 aliphatic carbocycles. The van der Waals surface area contributed by atoms with E-state index in [1.165, 1.54) is 4.90 Å². The minimum absolute atomic E-state index is 0.0833. The van der Waals surface area contributed by atoms with Crippen LogP contribution in [-0.4, -0.2) is 57.6 Å². The number of rotatable bonds is 5. The van der Waals surface area contributed by atoms with Crippen molar-refractivity contribution in [1.82, 2.24) is 25.5 Å². The molecular formula is C24H28N6O4. The van der Waals surface area contributed by atoms with Crippen molar-refractivity contribution in [2.75, 3.05) is 18.0 Å². The van der Waals surface area contributed by atoms with Gasteiger partial charge < -0.3 is 15.0 Å². The van der Waals surface area contributed by atoms with Gasteiger partial charge in [-0.2, -0.15) is 0 Å². The summed E-state index contributed by atoms with van der Waals surface area (Å²) in [5, 5.41) is 5.22. The fourth-order valence-electron chi connectivity index (χ4n) is 3.80. The highest BCUT2D eigenvalue weighted by Crippen LogP contribution is 2.21. The van der Waals surface area contributed by atoms with Gasteiger partial charge in [-0.05, 0) is 44.9 Å². The molecule has 178 valence electrons. The predicted octanol–water partition coefficient (Wildman–Crippen LogP) is 2.67. The summed E-state index contributed by atoms with van der Waals surface area (Å²) in [6, 6.07) is 10.6. The van der Waals surface area contributed by atoms with Crippen molar-refractivity contribution in [3.05, 3.63) is 59.5 Å². The van der Waals surface area contributed by atoms with Gasteiger partial charge in [0.05, 0.1) is 18.3 Å². The number of alkyl carbamates (subject to hydrolysis) is 1. The number of carbonyl (C=O) groups is 3. The first-order chi connectivity index (χ1) is 16.2. The number of benzene rings is 1. The van der Waals surface area contributed by atoms with E-state index < -0.39 is 23.6 Å². The third kappa shape index (κ3) is 5.69. The van der Waals surface area contributed by atoms with Crippen LogP contribution in [0.5, 0.6) is 0 Å². The summed E-state index contributed by atoms with van der Waals surface area (Å²) in [6.07, 6.45) is 3.48.